The standard InChI is InChI=1S/C15H29N3/c1-3-4-5-6-7-8-14(16-2)15-13-17-9-11-18(15)12-10-17/h3,14-16H,1,4-13H2,2H3. The summed E-state index contributed by atoms with van der Waals surface area (Å²) in [7, 11) is 2.13. The highest BCUT2D eigenvalue weighted by molar-refractivity contribution is 4.94. The second-order valence-corrected chi connectivity index (χ2v) is 5.73. The van der Waals surface area contributed by atoms with E-state index in [4.69, 9.17) is 0 Å². The topological polar surface area (TPSA) is 18.5 Å². The fourth-order valence-electron chi connectivity index (χ4n) is 3.40. The molecule has 3 heterocycles. The fraction of sp³-hybridized carbons (Fsp3) is 0.867. The predicted molar refractivity (Wildman–Crippen MR) is 77.9 cm³/mol. The molecule has 2 bridgehead atoms. The molecule has 3 saturated heterocycles. The van der Waals surface area contributed by atoms with Gasteiger partial charge in [-0.3, -0.25) is 9.80 Å². The Labute approximate surface area is 112 Å². The molecule has 3 rings (SSSR count). The van der Waals surface area contributed by atoms with Crippen molar-refractivity contribution in [2.24, 2.45) is 0 Å². The van der Waals surface area contributed by atoms with Gasteiger partial charge in [0.15, 0.2) is 0 Å². The van der Waals surface area contributed by atoms with Crippen molar-refractivity contribution < 1.29 is 0 Å². The molecule has 0 amide bonds. The normalized spacial score (nSPS) is 32.4. The van der Waals surface area contributed by atoms with Gasteiger partial charge in [0.25, 0.3) is 0 Å². The first-order chi connectivity index (χ1) is 8.85. The highest BCUT2D eigenvalue weighted by atomic mass is 15.4. The van der Waals surface area contributed by atoms with E-state index in [9.17, 15) is 0 Å². The summed E-state index contributed by atoms with van der Waals surface area (Å²) in [5.41, 5.74) is 0. The molecule has 104 valence electrons. The molecule has 0 aromatic rings. The number of allylic oxidation sites excluding steroid dienone is 1. The SMILES string of the molecule is C=CCCCCCC(NC)C1CN2CCN1CC2. The van der Waals surface area contributed by atoms with Crippen molar-refractivity contribution in [1.82, 2.24) is 15.1 Å². The number of fused-ring (bicyclic) bond motifs is 3. The van der Waals surface area contributed by atoms with Crippen LogP contribution in [0.4, 0.5) is 0 Å². The van der Waals surface area contributed by atoms with Gasteiger partial charge >= 0.3 is 0 Å². The first-order valence-electron chi connectivity index (χ1n) is 7.59. The molecule has 3 aliphatic heterocycles. The third kappa shape index (κ3) is 3.56. The van der Waals surface area contributed by atoms with Crippen LogP contribution in [0.2, 0.25) is 0 Å². The van der Waals surface area contributed by atoms with Crippen molar-refractivity contribution in [3.05, 3.63) is 12.7 Å². The highest BCUT2D eigenvalue weighted by Gasteiger charge is 2.35. The summed E-state index contributed by atoms with van der Waals surface area (Å²) in [6, 6.07) is 1.42. The molecule has 0 aliphatic carbocycles. The van der Waals surface area contributed by atoms with Gasteiger partial charge in [-0.05, 0) is 26.3 Å². The van der Waals surface area contributed by atoms with Gasteiger partial charge in [0.2, 0.25) is 0 Å². The average molecular weight is 251 g/mol. The Bertz CT molecular complexity index is 246. The first-order valence-corrected chi connectivity index (χ1v) is 7.59. The molecular formula is C15H29N3. The van der Waals surface area contributed by atoms with Gasteiger partial charge in [-0.2, -0.15) is 0 Å². The maximum absolute atomic E-state index is 3.78. The quantitative estimate of drug-likeness (QED) is 0.523. The molecular weight excluding hydrogens is 222 g/mol. The van der Waals surface area contributed by atoms with Gasteiger partial charge in [0.05, 0.1) is 0 Å². The molecule has 3 nitrogen and oxygen atoms in total. The molecule has 0 aromatic carbocycles. The molecule has 0 radical (unpaired) electrons. The van der Waals surface area contributed by atoms with E-state index in [-0.39, 0.29) is 0 Å². The van der Waals surface area contributed by atoms with Gasteiger partial charge in [-0.15, -0.1) is 6.58 Å². The van der Waals surface area contributed by atoms with Crippen molar-refractivity contribution in [2.75, 3.05) is 39.8 Å². The van der Waals surface area contributed by atoms with Crippen LogP contribution in [-0.2, 0) is 0 Å². The first kappa shape index (κ1) is 14.0. The largest absolute Gasteiger partial charge is 0.315 e. The lowest BCUT2D eigenvalue weighted by molar-refractivity contribution is -0.00366. The second-order valence-electron chi connectivity index (χ2n) is 5.73. The van der Waals surface area contributed by atoms with Crippen LogP contribution in [0.25, 0.3) is 0 Å². The molecule has 3 heteroatoms. The zero-order valence-electron chi connectivity index (χ0n) is 11.9. The minimum Gasteiger partial charge on any atom is -0.315 e. The predicted octanol–water partition coefficient (Wildman–Crippen LogP) is 1.71. The van der Waals surface area contributed by atoms with Crippen LogP contribution in [0.5, 0.6) is 0 Å². The zero-order valence-corrected chi connectivity index (χ0v) is 11.9. The Morgan fingerprint density at radius 3 is 2.56 bits per heavy atom. The van der Waals surface area contributed by atoms with Crippen LogP contribution in [0.15, 0.2) is 12.7 Å². The van der Waals surface area contributed by atoms with E-state index in [0.29, 0.717) is 6.04 Å². The number of nitrogens with zero attached hydrogens (tertiary/aromatic N) is 2. The summed E-state index contributed by atoms with van der Waals surface area (Å²) in [5, 5.41) is 3.56. The van der Waals surface area contributed by atoms with E-state index >= 15 is 0 Å². The van der Waals surface area contributed by atoms with E-state index in [1.54, 1.807) is 0 Å². The number of likely N-dealkylation sites (N-methyl/N-ethyl adjacent to an activating group) is 1. The van der Waals surface area contributed by atoms with Crippen LogP contribution in [0.3, 0.4) is 0 Å². The third-order valence-corrected chi connectivity index (χ3v) is 4.58. The van der Waals surface area contributed by atoms with E-state index < -0.39 is 0 Å². The Hall–Kier alpha value is -0.380. The van der Waals surface area contributed by atoms with E-state index in [1.807, 2.05) is 6.08 Å². The third-order valence-electron chi connectivity index (χ3n) is 4.58. The number of unbranched alkanes of at least 4 members (excludes halogenated alkanes) is 3. The van der Waals surface area contributed by atoms with Gasteiger partial charge in [-0.1, -0.05) is 18.9 Å². The van der Waals surface area contributed by atoms with Crippen molar-refractivity contribution >= 4 is 0 Å². The maximum Gasteiger partial charge on any atom is 0.0377 e. The molecule has 1 N–H and O–H groups in total. The molecule has 0 spiro atoms. The van der Waals surface area contributed by atoms with Gasteiger partial charge < -0.3 is 5.32 Å². The van der Waals surface area contributed by atoms with Crippen molar-refractivity contribution in [3.8, 4) is 0 Å². The maximum atomic E-state index is 3.78. The number of hydrogen-bond acceptors (Lipinski definition) is 3. The van der Waals surface area contributed by atoms with Gasteiger partial charge in [-0.25, -0.2) is 0 Å². The summed E-state index contributed by atoms with van der Waals surface area (Å²) in [5.74, 6) is 0. The zero-order chi connectivity index (χ0) is 12.8. The van der Waals surface area contributed by atoms with E-state index in [2.05, 4.69) is 28.7 Å². The summed E-state index contributed by atoms with van der Waals surface area (Å²) in [6.07, 6.45) is 8.54. The Kier molecular flexibility index (Phi) is 5.67. The highest BCUT2D eigenvalue weighted by Crippen LogP contribution is 2.21. The smallest absolute Gasteiger partial charge is 0.0377 e. The van der Waals surface area contributed by atoms with Crippen LogP contribution >= 0.6 is 0 Å². The summed E-state index contributed by atoms with van der Waals surface area (Å²) in [6.45, 7) is 10.2. The minimum absolute atomic E-state index is 0.678. The van der Waals surface area contributed by atoms with Crippen LogP contribution in [-0.4, -0.2) is 61.7 Å². The molecule has 3 fully saturated rings. The number of nitrogens with one attached hydrogen (secondary N) is 1. The number of rotatable bonds is 8. The number of hydrogen-bond donors (Lipinski definition) is 1. The lowest BCUT2D eigenvalue weighted by Crippen LogP contribution is -2.66. The van der Waals surface area contributed by atoms with Crippen molar-refractivity contribution in [1.29, 1.82) is 0 Å². The average Bonchev–Trinajstić information content (AvgIpc) is 2.44. The van der Waals surface area contributed by atoms with E-state index in [1.165, 1.54) is 64.8 Å². The van der Waals surface area contributed by atoms with Gasteiger partial charge in [0.1, 0.15) is 0 Å². The molecule has 3 aliphatic rings. The van der Waals surface area contributed by atoms with Crippen molar-refractivity contribution in [2.45, 2.75) is 44.2 Å². The Balaban J connectivity index is 1.72. The van der Waals surface area contributed by atoms with Gasteiger partial charge in [0, 0.05) is 44.8 Å². The van der Waals surface area contributed by atoms with Crippen LogP contribution in [0, 0.1) is 0 Å². The Morgan fingerprint density at radius 1 is 1.22 bits per heavy atom. The minimum atomic E-state index is 0.678. The van der Waals surface area contributed by atoms with Crippen molar-refractivity contribution in [3.63, 3.8) is 0 Å². The van der Waals surface area contributed by atoms with Crippen LogP contribution in [0.1, 0.15) is 32.1 Å². The summed E-state index contributed by atoms with van der Waals surface area (Å²) >= 11 is 0. The summed E-state index contributed by atoms with van der Waals surface area (Å²) in [4.78, 5) is 5.33. The van der Waals surface area contributed by atoms with E-state index in [0.717, 1.165) is 6.04 Å². The molecule has 18 heavy (non-hydrogen) atoms. The lowest BCUT2D eigenvalue weighted by Gasteiger charge is -2.50. The summed E-state index contributed by atoms with van der Waals surface area (Å²) < 4.78 is 0. The lowest BCUT2D eigenvalue weighted by atomic mass is 9.95. The second kappa shape index (κ2) is 7.27. The Morgan fingerprint density at radius 2 is 2.00 bits per heavy atom. The fourth-order valence-corrected chi connectivity index (χ4v) is 3.40. The molecule has 2 atom stereocenters. The number of piperazine rings is 3. The molecule has 2 unspecified atom stereocenters. The van der Waals surface area contributed by atoms with Crippen LogP contribution < -0.4 is 5.32 Å². The molecule has 0 saturated carbocycles. The monoisotopic (exact) mass is 251 g/mol. The molecule has 0 aromatic heterocycles.